The van der Waals surface area contributed by atoms with Crippen molar-refractivity contribution in [3.05, 3.63) is 36.0 Å². The highest BCUT2D eigenvalue weighted by atomic mass is 16.5. The van der Waals surface area contributed by atoms with Gasteiger partial charge in [0.1, 0.15) is 0 Å². The van der Waals surface area contributed by atoms with Gasteiger partial charge < -0.3 is 14.2 Å². The highest BCUT2D eigenvalue weighted by molar-refractivity contribution is 6.04. The third-order valence-corrected chi connectivity index (χ3v) is 4.86. The number of fused-ring (bicyclic) bond motifs is 1. The van der Waals surface area contributed by atoms with Crippen LogP contribution in [0.25, 0.3) is 10.9 Å². The fourth-order valence-corrected chi connectivity index (χ4v) is 3.55. The molecular weight excluding hydrogens is 304 g/mol. The summed E-state index contributed by atoms with van der Waals surface area (Å²) in [6.07, 6.45) is 5.94. The van der Waals surface area contributed by atoms with Crippen LogP contribution in [0.1, 0.15) is 43.0 Å². The minimum atomic E-state index is -0.440. The molecule has 1 fully saturated rings. The van der Waals surface area contributed by atoms with Crippen LogP contribution in [-0.4, -0.2) is 40.5 Å². The van der Waals surface area contributed by atoms with Crippen molar-refractivity contribution in [2.75, 3.05) is 13.2 Å². The van der Waals surface area contributed by atoms with E-state index in [0.29, 0.717) is 5.56 Å². The summed E-state index contributed by atoms with van der Waals surface area (Å²) < 4.78 is 7.21. The quantitative estimate of drug-likeness (QED) is 0.810. The molecule has 0 N–H and O–H groups in total. The molecule has 3 rings (SSSR count). The zero-order chi connectivity index (χ0) is 17.1. The number of carbonyl (C=O) groups excluding carboxylic acids is 2. The predicted molar refractivity (Wildman–Crippen MR) is 92.8 cm³/mol. The Kier molecular flexibility index (Phi) is 4.88. The van der Waals surface area contributed by atoms with Crippen LogP contribution in [0.5, 0.6) is 0 Å². The molecule has 0 saturated carbocycles. The maximum atomic E-state index is 12.4. The normalized spacial score (nSPS) is 17.9. The number of para-hydroxylation sites is 1. The van der Waals surface area contributed by atoms with Gasteiger partial charge in [-0.1, -0.05) is 25.1 Å². The molecule has 0 aliphatic carbocycles. The SMILES string of the molecule is CCC1CCCCN1C(=O)COC(=O)c1cn(C)c2ccccc12. The Labute approximate surface area is 142 Å². The zero-order valence-electron chi connectivity index (χ0n) is 14.3. The summed E-state index contributed by atoms with van der Waals surface area (Å²) in [7, 11) is 1.89. The Morgan fingerprint density at radius 2 is 2.04 bits per heavy atom. The fourth-order valence-electron chi connectivity index (χ4n) is 3.55. The van der Waals surface area contributed by atoms with Crippen LogP contribution < -0.4 is 0 Å². The van der Waals surface area contributed by atoms with Crippen LogP contribution in [0.15, 0.2) is 30.5 Å². The number of aromatic nitrogens is 1. The highest BCUT2D eigenvalue weighted by Crippen LogP contribution is 2.22. The van der Waals surface area contributed by atoms with E-state index in [4.69, 9.17) is 4.74 Å². The largest absolute Gasteiger partial charge is 0.452 e. The second-order valence-electron chi connectivity index (χ2n) is 6.39. The number of nitrogens with zero attached hydrogens (tertiary/aromatic N) is 2. The summed E-state index contributed by atoms with van der Waals surface area (Å²) in [4.78, 5) is 26.7. The molecule has 5 nitrogen and oxygen atoms in total. The summed E-state index contributed by atoms with van der Waals surface area (Å²) in [5.41, 5.74) is 1.48. The van der Waals surface area contributed by atoms with Gasteiger partial charge in [-0.3, -0.25) is 4.79 Å². The molecule has 2 heterocycles. The smallest absolute Gasteiger partial charge is 0.340 e. The van der Waals surface area contributed by atoms with Crippen molar-refractivity contribution < 1.29 is 14.3 Å². The number of hydrogen-bond acceptors (Lipinski definition) is 3. The first kappa shape index (κ1) is 16.6. The van der Waals surface area contributed by atoms with Crippen LogP contribution in [-0.2, 0) is 16.6 Å². The molecule has 1 aromatic carbocycles. The van der Waals surface area contributed by atoms with Gasteiger partial charge in [-0.2, -0.15) is 0 Å². The molecule has 1 aromatic heterocycles. The molecule has 0 spiro atoms. The number of piperidine rings is 1. The second-order valence-corrected chi connectivity index (χ2v) is 6.39. The number of ether oxygens (including phenoxy) is 1. The number of likely N-dealkylation sites (tertiary alicyclic amines) is 1. The average molecular weight is 328 g/mol. The van der Waals surface area contributed by atoms with Crippen molar-refractivity contribution in [2.24, 2.45) is 7.05 Å². The Morgan fingerprint density at radius 1 is 1.25 bits per heavy atom. The summed E-state index contributed by atoms with van der Waals surface area (Å²) in [6.45, 7) is 2.68. The second kappa shape index (κ2) is 7.07. The Hall–Kier alpha value is -2.30. The van der Waals surface area contributed by atoms with E-state index in [1.807, 2.05) is 40.8 Å². The van der Waals surface area contributed by atoms with E-state index in [2.05, 4.69) is 6.92 Å². The van der Waals surface area contributed by atoms with Gasteiger partial charge in [0.15, 0.2) is 6.61 Å². The van der Waals surface area contributed by atoms with Crippen molar-refractivity contribution in [3.8, 4) is 0 Å². The van der Waals surface area contributed by atoms with Crippen molar-refractivity contribution in [3.63, 3.8) is 0 Å². The zero-order valence-corrected chi connectivity index (χ0v) is 14.3. The van der Waals surface area contributed by atoms with Crippen LogP contribution in [0, 0.1) is 0 Å². The number of amides is 1. The molecule has 5 heteroatoms. The van der Waals surface area contributed by atoms with Gasteiger partial charge in [-0.05, 0) is 31.7 Å². The van der Waals surface area contributed by atoms with Crippen LogP contribution in [0.2, 0.25) is 0 Å². The first-order chi connectivity index (χ1) is 11.6. The van der Waals surface area contributed by atoms with Gasteiger partial charge in [0.2, 0.25) is 0 Å². The van der Waals surface area contributed by atoms with Gasteiger partial charge in [0.05, 0.1) is 5.56 Å². The van der Waals surface area contributed by atoms with Gasteiger partial charge in [-0.15, -0.1) is 0 Å². The van der Waals surface area contributed by atoms with Crippen LogP contribution in [0.3, 0.4) is 0 Å². The minimum Gasteiger partial charge on any atom is -0.452 e. The van der Waals surface area contributed by atoms with Crippen LogP contribution >= 0.6 is 0 Å². The lowest BCUT2D eigenvalue weighted by atomic mass is 10.00. The maximum Gasteiger partial charge on any atom is 0.340 e. The van der Waals surface area contributed by atoms with Crippen LogP contribution in [0.4, 0.5) is 0 Å². The van der Waals surface area contributed by atoms with E-state index in [1.54, 1.807) is 6.20 Å². The molecular formula is C19H24N2O3. The summed E-state index contributed by atoms with van der Waals surface area (Å²) in [6, 6.07) is 7.96. The number of esters is 1. The van der Waals surface area contributed by atoms with Crippen molar-refractivity contribution in [1.82, 2.24) is 9.47 Å². The monoisotopic (exact) mass is 328 g/mol. The molecule has 128 valence electrons. The van der Waals surface area contributed by atoms with E-state index in [-0.39, 0.29) is 18.6 Å². The topological polar surface area (TPSA) is 51.5 Å². The summed E-state index contributed by atoms with van der Waals surface area (Å²) >= 11 is 0. The van der Waals surface area contributed by atoms with Gasteiger partial charge in [0, 0.05) is 36.7 Å². The third-order valence-electron chi connectivity index (χ3n) is 4.86. The van der Waals surface area contributed by atoms with E-state index < -0.39 is 5.97 Å². The molecule has 1 saturated heterocycles. The number of rotatable bonds is 4. The van der Waals surface area contributed by atoms with Gasteiger partial charge in [-0.25, -0.2) is 4.79 Å². The van der Waals surface area contributed by atoms with Crippen molar-refractivity contribution >= 4 is 22.8 Å². The average Bonchev–Trinajstić information content (AvgIpc) is 2.96. The first-order valence-electron chi connectivity index (χ1n) is 8.62. The maximum absolute atomic E-state index is 12.4. The molecule has 1 amide bonds. The molecule has 1 aliphatic rings. The minimum absolute atomic E-state index is 0.0878. The molecule has 2 aromatic rings. The Bertz CT molecular complexity index is 750. The Balaban J connectivity index is 1.67. The summed E-state index contributed by atoms with van der Waals surface area (Å²) in [5, 5.41) is 0.849. The van der Waals surface area contributed by atoms with E-state index >= 15 is 0 Å². The van der Waals surface area contributed by atoms with E-state index in [0.717, 1.165) is 43.1 Å². The third kappa shape index (κ3) is 3.16. The lowest BCUT2D eigenvalue weighted by molar-refractivity contribution is -0.138. The van der Waals surface area contributed by atoms with E-state index in [9.17, 15) is 9.59 Å². The fraction of sp³-hybridized carbons (Fsp3) is 0.474. The lowest BCUT2D eigenvalue weighted by Crippen LogP contribution is -2.45. The number of benzene rings is 1. The molecule has 24 heavy (non-hydrogen) atoms. The molecule has 0 radical (unpaired) electrons. The lowest BCUT2D eigenvalue weighted by Gasteiger charge is -2.35. The molecule has 1 atom stereocenters. The Morgan fingerprint density at radius 3 is 2.83 bits per heavy atom. The van der Waals surface area contributed by atoms with Crippen molar-refractivity contribution in [1.29, 1.82) is 0 Å². The number of carbonyl (C=O) groups is 2. The van der Waals surface area contributed by atoms with E-state index in [1.165, 1.54) is 0 Å². The van der Waals surface area contributed by atoms with Gasteiger partial charge in [0.25, 0.3) is 5.91 Å². The number of aryl methyl sites for hydroxylation is 1. The standard InChI is InChI=1S/C19H24N2O3/c1-3-14-8-6-7-11-21(14)18(22)13-24-19(23)16-12-20(2)17-10-5-4-9-15(16)17/h4-5,9-10,12,14H,3,6-8,11,13H2,1-2H3. The number of hydrogen-bond donors (Lipinski definition) is 0. The summed E-state index contributed by atoms with van der Waals surface area (Å²) in [5.74, 6) is -0.527. The van der Waals surface area contributed by atoms with Gasteiger partial charge >= 0.3 is 5.97 Å². The van der Waals surface area contributed by atoms with Crippen molar-refractivity contribution in [2.45, 2.75) is 38.6 Å². The molecule has 0 bridgehead atoms. The highest BCUT2D eigenvalue weighted by Gasteiger charge is 2.26. The first-order valence-corrected chi connectivity index (χ1v) is 8.62. The molecule has 1 aliphatic heterocycles. The molecule has 1 unspecified atom stereocenters. The predicted octanol–water partition coefficient (Wildman–Crippen LogP) is 3.13.